The second-order valence-corrected chi connectivity index (χ2v) is 14.7. The maximum absolute atomic E-state index is 6.12. The average molecular weight is 192 g/mol. The molecule has 0 aromatic heterocycles. The fraction of sp³-hybridized carbons (Fsp3) is 1.00. The smallest absolute Gasteiger partial charge is 0.183 e. The van der Waals surface area contributed by atoms with Crippen LogP contribution in [0.25, 0.3) is 0 Å². The average Bonchev–Trinajstić information content (AvgIpc) is 1.56. The van der Waals surface area contributed by atoms with Crippen LogP contribution in [0.2, 0.25) is 26.2 Å². The molecule has 60 valence electrons. The maximum Gasteiger partial charge on any atom is 0.183 e. The topological polar surface area (TPSA) is 9.23 Å². The van der Waals surface area contributed by atoms with E-state index in [9.17, 15) is 0 Å². The Morgan fingerprint density at radius 3 is 1.60 bits per heavy atom. The van der Waals surface area contributed by atoms with Crippen LogP contribution in [0, 0.1) is 0 Å². The van der Waals surface area contributed by atoms with E-state index in [2.05, 4.69) is 37.9 Å². The highest BCUT2D eigenvalue weighted by atomic mass is 32.2. The third-order valence-corrected chi connectivity index (χ3v) is 13.1. The molecule has 1 aliphatic heterocycles. The Hall–Kier alpha value is 0.744. The van der Waals surface area contributed by atoms with Crippen LogP contribution in [0.4, 0.5) is 0 Å². The van der Waals surface area contributed by atoms with Gasteiger partial charge in [0.25, 0.3) is 0 Å². The van der Waals surface area contributed by atoms with Crippen molar-refractivity contribution >= 4 is 28.4 Å². The first-order valence-electron chi connectivity index (χ1n) is 3.69. The van der Waals surface area contributed by atoms with Gasteiger partial charge in [-0.05, 0) is 26.2 Å². The highest BCUT2D eigenvalue weighted by molar-refractivity contribution is 8.02. The van der Waals surface area contributed by atoms with Gasteiger partial charge in [0.2, 0.25) is 0 Å². The highest BCUT2D eigenvalue weighted by Gasteiger charge is 2.37. The van der Waals surface area contributed by atoms with Gasteiger partial charge in [0.05, 0.1) is 0 Å². The van der Waals surface area contributed by atoms with E-state index in [0.717, 1.165) is 0 Å². The summed E-state index contributed by atoms with van der Waals surface area (Å²) in [6.07, 6.45) is 0. The summed E-state index contributed by atoms with van der Waals surface area (Å²) in [5, 5.41) is 2.59. The number of rotatable bonds is 0. The van der Waals surface area contributed by atoms with E-state index in [-0.39, 0.29) is 0 Å². The van der Waals surface area contributed by atoms with Gasteiger partial charge in [0, 0.05) is 10.8 Å². The monoisotopic (exact) mass is 192 g/mol. The molecule has 1 saturated heterocycles. The molecule has 0 aromatic carbocycles. The molecule has 10 heavy (non-hydrogen) atoms. The van der Waals surface area contributed by atoms with Gasteiger partial charge in [-0.2, -0.15) is 11.8 Å². The summed E-state index contributed by atoms with van der Waals surface area (Å²) in [4.78, 5) is 0. The first-order valence-corrected chi connectivity index (χ1v) is 11.1. The molecule has 0 aliphatic carbocycles. The van der Waals surface area contributed by atoms with Gasteiger partial charge in [-0.1, -0.05) is 0 Å². The van der Waals surface area contributed by atoms with Crippen molar-refractivity contribution in [2.24, 2.45) is 0 Å². The Kier molecular flexibility index (Phi) is 2.35. The number of thioether (sulfide) groups is 1. The van der Waals surface area contributed by atoms with E-state index in [1.54, 1.807) is 0 Å². The molecular formula is C6H16OSSi2. The van der Waals surface area contributed by atoms with Crippen molar-refractivity contribution in [3.05, 3.63) is 0 Å². The van der Waals surface area contributed by atoms with Crippen molar-refractivity contribution in [3.63, 3.8) is 0 Å². The minimum atomic E-state index is -1.20. The second kappa shape index (κ2) is 2.66. The Morgan fingerprint density at radius 2 is 1.40 bits per heavy atom. The molecular weight excluding hydrogens is 176 g/mol. The number of hydrogen-bond acceptors (Lipinski definition) is 2. The van der Waals surface area contributed by atoms with Gasteiger partial charge in [-0.3, -0.25) is 0 Å². The zero-order valence-corrected chi connectivity index (χ0v) is 10.0. The molecule has 0 bridgehead atoms. The zero-order valence-electron chi connectivity index (χ0n) is 7.23. The molecule has 0 amide bonds. The molecule has 1 rings (SSSR count). The normalized spacial score (nSPS) is 30.0. The van der Waals surface area contributed by atoms with Crippen molar-refractivity contribution in [3.8, 4) is 0 Å². The predicted octanol–water partition coefficient (Wildman–Crippen LogP) is 2.24. The first-order chi connectivity index (χ1) is 4.41. The van der Waals surface area contributed by atoms with Crippen LogP contribution >= 0.6 is 11.8 Å². The Bertz CT molecular complexity index is 122. The van der Waals surface area contributed by atoms with E-state index in [0.29, 0.717) is 0 Å². The summed E-state index contributed by atoms with van der Waals surface area (Å²) in [6, 6.07) is 0. The minimum absolute atomic E-state index is 1.20. The summed E-state index contributed by atoms with van der Waals surface area (Å²) in [6.45, 7) is 9.31. The van der Waals surface area contributed by atoms with Crippen LogP contribution in [-0.4, -0.2) is 27.4 Å². The fourth-order valence-corrected chi connectivity index (χ4v) is 14.1. The van der Waals surface area contributed by atoms with E-state index in [1.807, 2.05) is 0 Å². The molecule has 0 radical (unpaired) electrons. The van der Waals surface area contributed by atoms with E-state index in [4.69, 9.17) is 4.12 Å². The maximum atomic E-state index is 6.12. The van der Waals surface area contributed by atoms with Crippen LogP contribution in [0.15, 0.2) is 0 Å². The van der Waals surface area contributed by atoms with Crippen LogP contribution in [0.3, 0.4) is 0 Å². The SMILES string of the molecule is C[Si]1(C)CSC[Si](C)(C)O1. The van der Waals surface area contributed by atoms with E-state index in [1.165, 1.54) is 10.8 Å². The van der Waals surface area contributed by atoms with Crippen molar-refractivity contribution in [2.75, 3.05) is 10.8 Å². The molecule has 0 saturated carbocycles. The Balaban J connectivity index is 2.56. The number of hydrogen-bond donors (Lipinski definition) is 0. The summed E-state index contributed by atoms with van der Waals surface area (Å²) in [5.74, 6) is 0. The summed E-state index contributed by atoms with van der Waals surface area (Å²) in [7, 11) is -2.40. The van der Waals surface area contributed by atoms with Crippen molar-refractivity contribution in [2.45, 2.75) is 26.2 Å². The van der Waals surface area contributed by atoms with Gasteiger partial charge >= 0.3 is 0 Å². The van der Waals surface area contributed by atoms with Crippen LogP contribution in [0.5, 0.6) is 0 Å². The summed E-state index contributed by atoms with van der Waals surface area (Å²) < 4.78 is 6.12. The van der Waals surface area contributed by atoms with Gasteiger partial charge < -0.3 is 4.12 Å². The van der Waals surface area contributed by atoms with Crippen molar-refractivity contribution < 1.29 is 4.12 Å². The van der Waals surface area contributed by atoms with Gasteiger partial charge in [0.1, 0.15) is 0 Å². The molecule has 4 heteroatoms. The van der Waals surface area contributed by atoms with Gasteiger partial charge in [0.15, 0.2) is 16.6 Å². The molecule has 0 atom stereocenters. The van der Waals surface area contributed by atoms with Crippen LogP contribution in [0.1, 0.15) is 0 Å². The van der Waals surface area contributed by atoms with Gasteiger partial charge in [-0.15, -0.1) is 0 Å². The molecule has 0 aromatic rings. The molecule has 1 heterocycles. The zero-order chi connectivity index (χ0) is 7.83. The molecule has 0 N–H and O–H groups in total. The van der Waals surface area contributed by atoms with Crippen molar-refractivity contribution in [1.82, 2.24) is 0 Å². The molecule has 1 nitrogen and oxygen atoms in total. The molecule has 1 fully saturated rings. The molecule has 1 aliphatic rings. The van der Waals surface area contributed by atoms with E-state index >= 15 is 0 Å². The Labute approximate surface area is 69.8 Å². The lowest BCUT2D eigenvalue weighted by Crippen LogP contribution is -2.52. The van der Waals surface area contributed by atoms with E-state index < -0.39 is 16.6 Å². The quantitative estimate of drug-likeness (QED) is 0.545. The summed E-state index contributed by atoms with van der Waals surface area (Å²) >= 11 is 2.11. The standard InChI is InChI=1S/C6H16OSSi2/c1-9(2)5-8-6-10(3,4)7-9/h5-6H2,1-4H3. The lowest BCUT2D eigenvalue weighted by atomic mass is 11.8. The van der Waals surface area contributed by atoms with Crippen LogP contribution < -0.4 is 0 Å². The lowest BCUT2D eigenvalue weighted by Gasteiger charge is -2.38. The largest absolute Gasteiger partial charge is 0.454 e. The highest BCUT2D eigenvalue weighted by Crippen LogP contribution is 2.27. The second-order valence-electron chi connectivity index (χ2n) is 4.11. The summed E-state index contributed by atoms with van der Waals surface area (Å²) in [5.41, 5.74) is 0. The molecule has 0 unspecified atom stereocenters. The van der Waals surface area contributed by atoms with Crippen molar-refractivity contribution in [1.29, 1.82) is 0 Å². The lowest BCUT2D eigenvalue weighted by molar-refractivity contribution is 0.553. The fourth-order valence-electron chi connectivity index (χ4n) is 1.35. The third-order valence-electron chi connectivity index (χ3n) is 1.45. The Morgan fingerprint density at radius 1 is 1.00 bits per heavy atom. The molecule has 0 spiro atoms. The van der Waals surface area contributed by atoms with Crippen LogP contribution in [-0.2, 0) is 4.12 Å². The first kappa shape index (κ1) is 8.84. The predicted molar refractivity (Wildman–Crippen MR) is 53.4 cm³/mol. The van der Waals surface area contributed by atoms with Gasteiger partial charge in [-0.25, -0.2) is 0 Å². The minimum Gasteiger partial charge on any atom is -0.454 e. The third kappa shape index (κ3) is 2.41.